The highest BCUT2D eigenvalue weighted by atomic mass is 19.1. The highest BCUT2D eigenvalue weighted by Gasteiger charge is 2.17. The molecule has 130 valence electrons. The fraction of sp³-hybridized carbons (Fsp3) is 0. The molecule has 0 atom stereocenters. The van der Waals surface area contributed by atoms with E-state index >= 15 is 0 Å². The van der Waals surface area contributed by atoms with Crippen molar-refractivity contribution in [2.24, 2.45) is 0 Å². The van der Waals surface area contributed by atoms with Gasteiger partial charge in [-0.3, -0.25) is 10.1 Å². The summed E-state index contributed by atoms with van der Waals surface area (Å²) in [5.41, 5.74) is 3.18. The lowest BCUT2D eigenvalue weighted by Gasteiger charge is -2.02. The highest BCUT2D eigenvalue weighted by molar-refractivity contribution is 5.94. The first-order chi connectivity index (χ1) is 13.3. The molecule has 1 N–H and O–H groups in total. The number of benzene rings is 1. The second-order valence-corrected chi connectivity index (χ2v) is 5.83. The molecule has 8 heteroatoms. The molecule has 0 bridgehead atoms. The van der Waals surface area contributed by atoms with E-state index < -0.39 is 5.95 Å². The van der Waals surface area contributed by atoms with Crippen LogP contribution in [-0.4, -0.2) is 30.3 Å². The van der Waals surface area contributed by atoms with Gasteiger partial charge in [-0.2, -0.15) is 14.5 Å². The summed E-state index contributed by atoms with van der Waals surface area (Å²) in [5.74, 6) is 0.191. The van der Waals surface area contributed by atoms with Gasteiger partial charge in [0.25, 0.3) is 5.89 Å². The summed E-state index contributed by atoms with van der Waals surface area (Å²) in [6.07, 6.45) is 4.72. The van der Waals surface area contributed by atoms with Crippen LogP contribution in [0.2, 0.25) is 0 Å². The number of nitrogens with zero attached hydrogens (tertiary/aromatic N) is 5. The van der Waals surface area contributed by atoms with Crippen molar-refractivity contribution in [3.05, 3.63) is 67.0 Å². The van der Waals surface area contributed by atoms with E-state index in [-0.39, 0.29) is 0 Å². The largest absolute Gasteiger partial charge is 0.334 e. The van der Waals surface area contributed by atoms with Gasteiger partial charge in [-0.05, 0) is 42.0 Å². The Morgan fingerprint density at radius 1 is 0.963 bits per heavy atom. The number of hydrogen-bond acceptors (Lipinski definition) is 6. The molecular formula is C19H11FN6O. The summed E-state index contributed by atoms with van der Waals surface area (Å²) in [6.45, 7) is 0. The molecule has 4 heterocycles. The molecule has 5 rings (SSSR count). The molecule has 4 aromatic heterocycles. The topological polar surface area (TPSA) is 93.4 Å². The number of hydrogen-bond donors (Lipinski definition) is 1. The number of pyridine rings is 2. The zero-order chi connectivity index (χ0) is 18.2. The number of rotatable bonds is 3. The van der Waals surface area contributed by atoms with Crippen molar-refractivity contribution < 1.29 is 8.91 Å². The standard InChI is InChI=1S/C19H11FN6O/c20-17-13(2-1-7-22-17)12-3-4-15-14(10-12)16(25-24-15)18-23-19(27-26-18)11-5-8-21-9-6-11/h1-10H,(H,24,25). The Labute approximate surface area is 151 Å². The molecule has 0 radical (unpaired) electrons. The Morgan fingerprint density at radius 3 is 2.70 bits per heavy atom. The summed E-state index contributed by atoms with van der Waals surface area (Å²) in [4.78, 5) is 12.1. The van der Waals surface area contributed by atoms with Crippen LogP contribution in [0.1, 0.15) is 0 Å². The average Bonchev–Trinajstić information content (AvgIpc) is 3.35. The van der Waals surface area contributed by atoms with Gasteiger partial charge in [0.05, 0.1) is 5.52 Å². The minimum absolute atomic E-state index is 0.344. The van der Waals surface area contributed by atoms with Crippen LogP contribution in [0.25, 0.3) is 45.0 Å². The van der Waals surface area contributed by atoms with Gasteiger partial charge in [0.15, 0.2) is 0 Å². The zero-order valence-corrected chi connectivity index (χ0v) is 13.8. The van der Waals surface area contributed by atoms with Crippen molar-refractivity contribution >= 4 is 10.9 Å². The Morgan fingerprint density at radius 2 is 1.85 bits per heavy atom. The lowest BCUT2D eigenvalue weighted by molar-refractivity contribution is 0.432. The maximum atomic E-state index is 14.0. The molecule has 1 aromatic carbocycles. The van der Waals surface area contributed by atoms with Crippen LogP contribution in [0.15, 0.2) is 65.6 Å². The van der Waals surface area contributed by atoms with Crippen molar-refractivity contribution in [3.8, 4) is 34.1 Å². The van der Waals surface area contributed by atoms with Crippen LogP contribution < -0.4 is 0 Å². The van der Waals surface area contributed by atoms with Gasteiger partial charge in [-0.25, -0.2) is 4.98 Å². The second kappa shape index (κ2) is 6.10. The predicted octanol–water partition coefficient (Wildman–Crippen LogP) is 3.88. The third kappa shape index (κ3) is 2.63. The van der Waals surface area contributed by atoms with Crippen molar-refractivity contribution in [1.29, 1.82) is 0 Å². The SMILES string of the molecule is Fc1ncccc1-c1ccc2[nH]nc(-c3noc(-c4ccncc4)n3)c2c1. The molecule has 0 amide bonds. The van der Waals surface area contributed by atoms with Gasteiger partial charge in [-0.15, -0.1) is 0 Å². The van der Waals surface area contributed by atoms with Gasteiger partial charge in [0.2, 0.25) is 11.8 Å². The Bertz CT molecular complexity index is 1250. The molecule has 0 aliphatic rings. The number of aromatic nitrogens is 6. The fourth-order valence-corrected chi connectivity index (χ4v) is 2.88. The quantitative estimate of drug-likeness (QED) is 0.492. The monoisotopic (exact) mass is 358 g/mol. The molecule has 0 saturated carbocycles. The minimum Gasteiger partial charge on any atom is -0.334 e. The van der Waals surface area contributed by atoms with Crippen molar-refractivity contribution in [3.63, 3.8) is 0 Å². The maximum absolute atomic E-state index is 14.0. The summed E-state index contributed by atoms with van der Waals surface area (Å²) < 4.78 is 19.4. The van der Waals surface area contributed by atoms with E-state index in [1.54, 1.807) is 36.7 Å². The van der Waals surface area contributed by atoms with Crippen LogP contribution in [-0.2, 0) is 0 Å². The number of nitrogens with one attached hydrogen (secondary N) is 1. The Balaban J connectivity index is 1.61. The van der Waals surface area contributed by atoms with Crippen LogP contribution in [0, 0.1) is 5.95 Å². The van der Waals surface area contributed by atoms with E-state index in [9.17, 15) is 4.39 Å². The average molecular weight is 358 g/mol. The summed E-state index contributed by atoms with van der Waals surface area (Å²) in [7, 11) is 0. The van der Waals surface area contributed by atoms with E-state index in [0.717, 1.165) is 16.5 Å². The maximum Gasteiger partial charge on any atom is 0.258 e. The molecule has 0 unspecified atom stereocenters. The first-order valence-corrected chi connectivity index (χ1v) is 8.13. The summed E-state index contributed by atoms with van der Waals surface area (Å²) in [6, 6.07) is 12.4. The van der Waals surface area contributed by atoms with Crippen molar-refractivity contribution in [2.45, 2.75) is 0 Å². The van der Waals surface area contributed by atoms with Gasteiger partial charge in [0.1, 0.15) is 5.69 Å². The number of H-pyrrole nitrogens is 1. The Kier molecular flexibility index (Phi) is 3.46. The van der Waals surface area contributed by atoms with E-state index in [1.807, 2.05) is 18.2 Å². The van der Waals surface area contributed by atoms with E-state index in [0.29, 0.717) is 28.5 Å². The fourth-order valence-electron chi connectivity index (χ4n) is 2.88. The van der Waals surface area contributed by atoms with Crippen molar-refractivity contribution in [2.75, 3.05) is 0 Å². The second-order valence-electron chi connectivity index (χ2n) is 5.83. The third-order valence-corrected chi connectivity index (χ3v) is 4.20. The number of halogens is 1. The van der Waals surface area contributed by atoms with Crippen molar-refractivity contribution in [1.82, 2.24) is 30.3 Å². The molecule has 27 heavy (non-hydrogen) atoms. The minimum atomic E-state index is -0.526. The van der Waals surface area contributed by atoms with Gasteiger partial charge in [0, 0.05) is 35.1 Å². The van der Waals surface area contributed by atoms with Crippen LogP contribution in [0.4, 0.5) is 4.39 Å². The third-order valence-electron chi connectivity index (χ3n) is 4.20. The van der Waals surface area contributed by atoms with Crippen LogP contribution in [0.3, 0.4) is 0 Å². The summed E-state index contributed by atoms with van der Waals surface area (Å²) in [5, 5.41) is 12.0. The molecule has 0 aliphatic carbocycles. The normalized spacial score (nSPS) is 11.1. The van der Waals surface area contributed by atoms with E-state index in [4.69, 9.17) is 4.52 Å². The molecule has 5 aromatic rings. The molecular weight excluding hydrogens is 347 g/mol. The van der Waals surface area contributed by atoms with Gasteiger partial charge in [-0.1, -0.05) is 11.2 Å². The zero-order valence-electron chi connectivity index (χ0n) is 13.8. The lowest BCUT2D eigenvalue weighted by atomic mass is 10.0. The molecule has 0 aliphatic heterocycles. The summed E-state index contributed by atoms with van der Waals surface area (Å²) >= 11 is 0. The predicted molar refractivity (Wildman–Crippen MR) is 95.8 cm³/mol. The molecule has 7 nitrogen and oxygen atoms in total. The molecule has 0 saturated heterocycles. The number of aromatic amines is 1. The van der Waals surface area contributed by atoms with Gasteiger partial charge >= 0.3 is 0 Å². The van der Waals surface area contributed by atoms with Crippen LogP contribution >= 0.6 is 0 Å². The smallest absolute Gasteiger partial charge is 0.258 e. The van der Waals surface area contributed by atoms with E-state index in [1.165, 1.54) is 6.20 Å². The Hall–Kier alpha value is -3.94. The van der Waals surface area contributed by atoms with Crippen LogP contribution in [0.5, 0.6) is 0 Å². The number of fused-ring (bicyclic) bond motifs is 1. The van der Waals surface area contributed by atoms with Gasteiger partial charge < -0.3 is 4.52 Å². The first-order valence-electron chi connectivity index (χ1n) is 8.13. The first kappa shape index (κ1) is 15.3. The lowest BCUT2D eigenvalue weighted by Crippen LogP contribution is -1.88. The highest BCUT2D eigenvalue weighted by Crippen LogP contribution is 2.30. The van der Waals surface area contributed by atoms with E-state index in [2.05, 4.69) is 30.3 Å². The molecule has 0 fully saturated rings. The molecule has 0 spiro atoms.